The predicted octanol–water partition coefficient (Wildman–Crippen LogP) is -0.0299. The average Bonchev–Trinajstić information content (AvgIpc) is 2.45. The molecule has 1 aliphatic rings. The summed E-state index contributed by atoms with van der Waals surface area (Å²) in [5.74, 6) is 2.38. The van der Waals surface area contributed by atoms with Gasteiger partial charge in [-0.2, -0.15) is 5.26 Å². The van der Waals surface area contributed by atoms with Gasteiger partial charge in [-0.15, -0.1) is 6.42 Å². The first-order valence-electron chi connectivity index (χ1n) is 4.00. The van der Waals surface area contributed by atoms with E-state index in [9.17, 15) is 5.11 Å². The van der Waals surface area contributed by atoms with Crippen molar-refractivity contribution in [2.75, 3.05) is 19.6 Å². The third-order valence-electron chi connectivity index (χ3n) is 2.14. The van der Waals surface area contributed by atoms with Crippen LogP contribution < -0.4 is 0 Å². The van der Waals surface area contributed by atoms with Crippen molar-refractivity contribution in [3.8, 4) is 18.4 Å². The number of aliphatic hydroxyl groups is 1. The average molecular weight is 164 g/mol. The van der Waals surface area contributed by atoms with Crippen LogP contribution in [0.15, 0.2) is 0 Å². The summed E-state index contributed by atoms with van der Waals surface area (Å²) in [6, 6.07) is 2.06. The van der Waals surface area contributed by atoms with Crippen LogP contribution in [-0.4, -0.2) is 35.2 Å². The minimum atomic E-state index is -0.949. The molecule has 0 spiro atoms. The van der Waals surface area contributed by atoms with Crippen molar-refractivity contribution >= 4 is 0 Å². The lowest BCUT2D eigenvalue weighted by Crippen LogP contribution is -2.31. The Bertz CT molecular complexity index is 238. The van der Waals surface area contributed by atoms with Crippen LogP contribution in [0.1, 0.15) is 12.8 Å². The molecule has 1 fully saturated rings. The summed E-state index contributed by atoms with van der Waals surface area (Å²) < 4.78 is 0. The first-order valence-corrected chi connectivity index (χ1v) is 4.00. The topological polar surface area (TPSA) is 47.3 Å². The summed E-state index contributed by atoms with van der Waals surface area (Å²) in [6.45, 7) is 2.01. The smallest absolute Gasteiger partial charge is 0.139 e. The van der Waals surface area contributed by atoms with Crippen LogP contribution >= 0.6 is 0 Å². The Balaban J connectivity index is 2.37. The second-order valence-corrected chi connectivity index (χ2v) is 3.11. The fraction of sp³-hybridized carbons (Fsp3) is 0.667. The molecule has 1 aliphatic heterocycles. The Morgan fingerprint density at radius 3 is 2.92 bits per heavy atom. The molecule has 12 heavy (non-hydrogen) atoms. The molecule has 0 radical (unpaired) electrons. The highest BCUT2D eigenvalue weighted by Crippen LogP contribution is 2.19. The van der Waals surface area contributed by atoms with Crippen molar-refractivity contribution in [1.29, 1.82) is 5.26 Å². The molecule has 0 aromatic carbocycles. The van der Waals surface area contributed by atoms with Crippen molar-refractivity contribution in [1.82, 2.24) is 4.90 Å². The minimum Gasteiger partial charge on any atom is -0.376 e. The third kappa shape index (κ3) is 1.98. The number of likely N-dealkylation sites (tertiary alicyclic amines) is 1. The highest BCUT2D eigenvalue weighted by Gasteiger charge is 2.33. The normalized spacial score (nSPS) is 29.6. The lowest BCUT2D eigenvalue weighted by molar-refractivity contribution is 0.109. The predicted molar refractivity (Wildman–Crippen MR) is 45.1 cm³/mol. The summed E-state index contributed by atoms with van der Waals surface area (Å²) in [6.07, 6.45) is 6.29. The molecule has 1 saturated heterocycles. The zero-order valence-corrected chi connectivity index (χ0v) is 6.95. The van der Waals surface area contributed by atoms with Crippen molar-refractivity contribution < 1.29 is 5.11 Å². The molecule has 0 aliphatic carbocycles. The molecule has 0 aromatic heterocycles. The van der Waals surface area contributed by atoms with Crippen LogP contribution in [0.5, 0.6) is 0 Å². The summed E-state index contributed by atoms with van der Waals surface area (Å²) in [7, 11) is 0. The van der Waals surface area contributed by atoms with Gasteiger partial charge in [0.05, 0.1) is 6.07 Å². The van der Waals surface area contributed by atoms with Crippen LogP contribution in [0.3, 0.4) is 0 Å². The number of hydrogen-bond acceptors (Lipinski definition) is 3. The summed E-state index contributed by atoms with van der Waals surface area (Å²) in [4.78, 5) is 2.02. The van der Waals surface area contributed by atoms with E-state index in [-0.39, 0.29) is 0 Å². The number of nitrogens with zero attached hydrogens (tertiary/aromatic N) is 2. The molecule has 64 valence electrons. The third-order valence-corrected chi connectivity index (χ3v) is 2.14. The molecule has 0 bridgehead atoms. The number of nitriles is 1. The Morgan fingerprint density at radius 2 is 2.42 bits per heavy atom. The van der Waals surface area contributed by atoms with E-state index < -0.39 is 5.60 Å². The first kappa shape index (κ1) is 9.06. The van der Waals surface area contributed by atoms with Crippen LogP contribution in [0, 0.1) is 23.7 Å². The van der Waals surface area contributed by atoms with E-state index in [2.05, 4.69) is 12.0 Å². The molecule has 0 aromatic rings. The van der Waals surface area contributed by atoms with Gasteiger partial charge in [0.25, 0.3) is 0 Å². The number of terminal acetylenes is 1. The molecule has 1 N–H and O–H groups in total. The van der Waals surface area contributed by atoms with Gasteiger partial charge in [-0.1, -0.05) is 5.92 Å². The lowest BCUT2D eigenvalue weighted by atomic mass is 10.1. The van der Waals surface area contributed by atoms with Crippen LogP contribution in [0.2, 0.25) is 0 Å². The van der Waals surface area contributed by atoms with Gasteiger partial charge in [0.1, 0.15) is 5.60 Å². The van der Waals surface area contributed by atoms with Gasteiger partial charge in [0.15, 0.2) is 0 Å². The number of β-amino-alcohol motifs (C(OH)–C–C–N with tert-alkyl or cyclic N) is 1. The molecule has 0 saturated carbocycles. The SMILES string of the molecule is C#CC1(O)CCN(CCC#N)C1. The highest BCUT2D eigenvalue weighted by molar-refractivity contribution is 5.12. The summed E-state index contributed by atoms with van der Waals surface area (Å²) in [5, 5.41) is 17.9. The van der Waals surface area contributed by atoms with Crippen molar-refractivity contribution in [3.05, 3.63) is 0 Å². The van der Waals surface area contributed by atoms with Crippen molar-refractivity contribution in [3.63, 3.8) is 0 Å². The molecule has 1 rings (SSSR count). The van der Waals surface area contributed by atoms with Gasteiger partial charge in [0, 0.05) is 32.5 Å². The van der Waals surface area contributed by atoms with E-state index in [0.717, 1.165) is 6.54 Å². The van der Waals surface area contributed by atoms with Crippen molar-refractivity contribution in [2.45, 2.75) is 18.4 Å². The van der Waals surface area contributed by atoms with Crippen LogP contribution in [-0.2, 0) is 0 Å². The van der Waals surface area contributed by atoms with Crippen molar-refractivity contribution in [2.24, 2.45) is 0 Å². The Hall–Kier alpha value is -1.03. The minimum absolute atomic E-state index is 0.501. The monoisotopic (exact) mass is 164 g/mol. The van der Waals surface area contributed by atoms with E-state index >= 15 is 0 Å². The van der Waals surface area contributed by atoms with Gasteiger partial charge >= 0.3 is 0 Å². The lowest BCUT2D eigenvalue weighted by Gasteiger charge is -2.16. The van der Waals surface area contributed by atoms with Gasteiger partial charge in [-0.05, 0) is 0 Å². The Morgan fingerprint density at radius 1 is 1.67 bits per heavy atom. The van der Waals surface area contributed by atoms with Gasteiger partial charge < -0.3 is 5.11 Å². The van der Waals surface area contributed by atoms with E-state index in [4.69, 9.17) is 11.7 Å². The maximum absolute atomic E-state index is 9.61. The number of hydrogen-bond donors (Lipinski definition) is 1. The van der Waals surface area contributed by atoms with E-state index in [1.807, 2.05) is 4.90 Å². The van der Waals surface area contributed by atoms with Gasteiger partial charge in [-0.25, -0.2) is 0 Å². The second kappa shape index (κ2) is 3.58. The molecule has 1 atom stereocenters. The van der Waals surface area contributed by atoms with Gasteiger partial charge in [-0.3, -0.25) is 4.90 Å². The maximum Gasteiger partial charge on any atom is 0.139 e. The molecular weight excluding hydrogens is 152 g/mol. The Kier molecular flexibility index (Phi) is 2.70. The largest absolute Gasteiger partial charge is 0.376 e. The van der Waals surface area contributed by atoms with Gasteiger partial charge in [0.2, 0.25) is 0 Å². The molecule has 1 unspecified atom stereocenters. The summed E-state index contributed by atoms with van der Waals surface area (Å²) >= 11 is 0. The quantitative estimate of drug-likeness (QED) is 0.583. The standard InChI is InChI=1S/C9H12N2O/c1-2-9(12)4-7-11(8-9)6-3-5-10/h1,12H,3-4,6-8H2. The first-order chi connectivity index (χ1) is 5.70. The fourth-order valence-electron chi connectivity index (χ4n) is 1.39. The summed E-state index contributed by atoms with van der Waals surface area (Å²) in [5.41, 5.74) is -0.949. The van der Waals surface area contributed by atoms with Crippen LogP contribution in [0.4, 0.5) is 0 Å². The van der Waals surface area contributed by atoms with Crippen LogP contribution in [0.25, 0.3) is 0 Å². The molecular formula is C9H12N2O. The van der Waals surface area contributed by atoms with E-state index in [1.165, 1.54) is 0 Å². The molecule has 0 amide bonds. The molecule has 1 heterocycles. The van der Waals surface area contributed by atoms with E-state index in [0.29, 0.717) is 25.9 Å². The highest BCUT2D eigenvalue weighted by atomic mass is 16.3. The molecule has 3 nitrogen and oxygen atoms in total. The zero-order valence-electron chi connectivity index (χ0n) is 6.95. The second-order valence-electron chi connectivity index (χ2n) is 3.11. The van der Waals surface area contributed by atoms with E-state index in [1.54, 1.807) is 0 Å². The molecule has 3 heteroatoms. The maximum atomic E-state index is 9.61. The zero-order chi connectivity index (χ0) is 9.03. The number of rotatable bonds is 2. The Labute approximate surface area is 72.6 Å². The fourth-order valence-corrected chi connectivity index (χ4v) is 1.39.